The number of rotatable bonds is 9. The van der Waals surface area contributed by atoms with Crippen LogP contribution >= 0.6 is 0 Å². The summed E-state index contributed by atoms with van der Waals surface area (Å²) in [6, 6.07) is 16.1. The Bertz CT molecular complexity index is 2020. The molecule has 0 saturated carbocycles. The van der Waals surface area contributed by atoms with Crippen molar-refractivity contribution >= 4 is 45.8 Å². The number of anilines is 1. The van der Waals surface area contributed by atoms with Gasteiger partial charge in [-0.25, -0.2) is 4.39 Å². The maximum absolute atomic E-state index is 14.3. The quantitative estimate of drug-likeness (QED) is 0.215. The molecule has 0 saturated heterocycles. The molecule has 3 aliphatic rings. The third kappa shape index (κ3) is 6.06. The zero-order valence-corrected chi connectivity index (χ0v) is 28.3. The predicted octanol–water partition coefficient (Wildman–Crippen LogP) is 3.49. The van der Waals surface area contributed by atoms with Gasteiger partial charge in [0.15, 0.2) is 0 Å². The Morgan fingerprint density at radius 2 is 1.72 bits per heavy atom. The largest absolute Gasteiger partial charge is 0.368 e. The third-order valence-electron chi connectivity index (χ3n) is 10.4. The minimum atomic E-state index is -1.14. The van der Waals surface area contributed by atoms with Gasteiger partial charge in [0.2, 0.25) is 17.7 Å². The Hall–Kier alpha value is -5.29. The van der Waals surface area contributed by atoms with Gasteiger partial charge in [-0.1, -0.05) is 62.4 Å². The number of carbonyl (C=O) groups is 4. The van der Waals surface area contributed by atoms with Crippen molar-refractivity contribution in [3.05, 3.63) is 107 Å². The molecular weight excluding hydrogens is 635 g/mol. The Morgan fingerprint density at radius 3 is 2.46 bits per heavy atom. The van der Waals surface area contributed by atoms with Gasteiger partial charge in [-0.3, -0.25) is 29.0 Å². The lowest BCUT2D eigenvalue weighted by molar-refractivity contribution is -0.133. The average Bonchev–Trinajstić information content (AvgIpc) is 3.70. The van der Waals surface area contributed by atoms with Crippen molar-refractivity contribution in [2.24, 2.45) is 17.6 Å². The summed E-state index contributed by atoms with van der Waals surface area (Å²) in [6.45, 7) is 4.15. The molecule has 0 bridgehead atoms. The van der Waals surface area contributed by atoms with E-state index in [1.54, 1.807) is 24.3 Å². The van der Waals surface area contributed by atoms with Crippen LogP contribution in [0.15, 0.2) is 79.0 Å². The van der Waals surface area contributed by atoms with Gasteiger partial charge in [0.25, 0.3) is 5.91 Å². The Balaban J connectivity index is 1.14. The number of halogens is 1. The number of aromatic amines is 1. The van der Waals surface area contributed by atoms with Crippen LogP contribution in [0.3, 0.4) is 0 Å². The van der Waals surface area contributed by atoms with E-state index >= 15 is 0 Å². The SMILES string of the molecule is CC(C)[C@H](NC(=O)[C@@H]1C=C2c3cccc4[nH]cc(c34)C[C@H]2N(C)C1)C(=O)N[C@@H](Cc1ccc(F)cc1)C(=O)N1c2ccccc2C[C@H]1C(N)=O. The monoisotopic (exact) mass is 676 g/mol. The number of nitrogens with one attached hydrogen (secondary N) is 3. The van der Waals surface area contributed by atoms with Gasteiger partial charge in [-0.05, 0) is 71.5 Å². The number of hydrogen-bond donors (Lipinski definition) is 4. The van der Waals surface area contributed by atoms with Gasteiger partial charge in [-0.2, -0.15) is 0 Å². The number of aromatic nitrogens is 1. The second kappa shape index (κ2) is 13.2. The molecule has 1 aliphatic carbocycles. The maximum Gasteiger partial charge on any atom is 0.250 e. The second-order valence-corrected chi connectivity index (χ2v) is 14.0. The maximum atomic E-state index is 14.3. The molecule has 11 heteroatoms. The Kier molecular flexibility index (Phi) is 8.77. The molecule has 3 aromatic carbocycles. The fraction of sp³-hybridized carbons (Fsp3) is 0.333. The number of nitrogens with zero attached hydrogens (tertiary/aromatic N) is 2. The lowest BCUT2D eigenvalue weighted by atomic mass is 9.79. The first-order valence-corrected chi connectivity index (χ1v) is 17.1. The van der Waals surface area contributed by atoms with E-state index < -0.39 is 47.6 Å². The molecule has 258 valence electrons. The van der Waals surface area contributed by atoms with Crippen molar-refractivity contribution in [2.45, 2.75) is 57.3 Å². The molecule has 5 N–H and O–H groups in total. The smallest absolute Gasteiger partial charge is 0.250 e. The minimum absolute atomic E-state index is 0.0291. The summed E-state index contributed by atoms with van der Waals surface area (Å²) in [4.78, 5) is 61.8. The van der Waals surface area contributed by atoms with Crippen molar-refractivity contribution in [3.8, 4) is 0 Å². The van der Waals surface area contributed by atoms with Crippen LogP contribution in [0, 0.1) is 17.7 Å². The van der Waals surface area contributed by atoms with Crippen molar-refractivity contribution in [3.63, 3.8) is 0 Å². The van der Waals surface area contributed by atoms with E-state index in [4.69, 9.17) is 5.73 Å². The number of likely N-dealkylation sites (N-methyl/N-ethyl adjacent to an activating group) is 1. The van der Waals surface area contributed by atoms with Gasteiger partial charge in [0.05, 0.1) is 5.92 Å². The number of H-pyrrole nitrogens is 1. The Morgan fingerprint density at radius 1 is 0.960 bits per heavy atom. The average molecular weight is 677 g/mol. The second-order valence-electron chi connectivity index (χ2n) is 14.0. The van der Waals surface area contributed by atoms with Gasteiger partial charge in [0, 0.05) is 48.2 Å². The number of carbonyl (C=O) groups excluding carboxylic acids is 4. The third-order valence-corrected chi connectivity index (χ3v) is 10.4. The summed E-state index contributed by atoms with van der Waals surface area (Å²) in [6.07, 6.45) is 5.22. The van der Waals surface area contributed by atoms with Gasteiger partial charge in [-0.15, -0.1) is 0 Å². The molecule has 0 spiro atoms. The molecular formula is C39H41FN6O4. The fourth-order valence-corrected chi connectivity index (χ4v) is 7.78. The lowest BCUT2D eigenvalue weighted by Crippen LogP contribution is -2.59. The van der Waals surface area contributed by atoms with Crippen LogP contribution in [-0.4, -0.2) is 71.3 Å². The first-order valence-electron chi connectivity index (χ1n) is 17.1. The van der Waals surface area contributed by atoms with E-state index in [0.717, 1.165) is 28.6 Å². The number of primary amides is 1. The number of fused-ring (bicyclic) bond motifs is 3. The standard InChI is InChI=1S/C39H41FN6O4/c1-21(2)35(44-37(48)25-16-28-27-8-6-9-29-34(27)24(19-42-29)18-32(28)45(3)20-25)38(49)43-30(15-22-11-13-26(40)14-12-22)39(50)46-31-10-5-4-7-23(31)17-33(46)36(41)47/h4-14,16,19,21,25,30,32-33,35,42H,15,17-18,20H2,1-3H3,(H2,41,47)(H,43,49)(H,44,48)/t25-,30+,32-,33+,35+/m1/s1. The van der Waals surface area contributed by atoms with E-state index in [9.17, 15) is 23.6 Å². The Labute approximate surface area is 289 Å². The molecule has 2 aliphatic heterocycles. The molecule has 0 unspecified atom stereocenters. The van der Waals surface area contributed by atoms with E-state index in [1.165, 1.54) is 28.0 Å². The highest BCUT2D eigenvalue weighted by Crippen LogP contribution is 2.41. The van der Waals surface area contributed by atoms with Crippen molar-refractivity contribution in [1.29, 1.82) is 0 Å². The van der Waals surface area contributed by atoms with E-state index in [0.29, 0.717) is 17.8 Å². The van der Waals surface area contributed by atoms with Crippen LogP contribution in [0.2, 0.25) is 0 Å². The summed E-state index contributed by atoms with van der Waals surface area (Å²) in [5.41, 5.74) is 12.2. The predicted molar refractivity (Wildman–Crippen MR) is 189 cm³/mol. The zero-order chi connectivity index (χ0) is 35.3. The number of amides is 4. The van der Waals surface area contributed by atoms with Gasteiger partial charge < -0.3 is 21.4 Å². The van der Waals surface area contributed by atoms with E-state index in [2.05, 4.69) is 38.8 Å². The minimum Gasteiger partial charge on any atom is -0.368 e. The lowest BCUT2D eigenvalue weighted by Gasteiger charge is -2.39. The van der Waals surface area contributed by atoms with Gasteiger partial charge in [0.1, 0.15) is 23.9 Å². The molecule has 3 heterocycles. The summed E-state index contributed by atoms with van der Waals surface area (Å²) in [7, 11) is 2.02. The van der Waals surface area contributed by atoms with Crippen LogP contribution in [0.25, 0.3) is 16.5 Å². The number of benzene rings is 3. The number of hydrogen-bond acceptors (Lipinski definition) is 5. The molecule has 50 heavy (non-hydrogen) atoms. The first-order chi connectivity index (χ1) is 24.0. The van der Waals surface area contributed by atoms with Crippen LogP contribution < -0.4 is 21.3 Å². The highest BCUT2D eigenvalue weighted by molar-refractivity contribution is 6.07. The fourth-order valence-electron chi connectivity index (χ4n) is 7.78. The molecule has 4 aromatic rings. The normalized spacial score (nSPS) is 20.9. The van der Waals surface area contributed by atoms with Gasteiger partial charge >= 0.3 is 0 Å². The van der Waals surface area contributed by atoms with Crippen LogP contribution in [-0.2, 0) is 38.4 Å². The molecule has 0 radical (unpaired) electrons. The molecule has 0 fully saturated rings. The number of para-hydroxylation sites is 1. The summed E-state index contributed by atoms with van der Waals surface area (Å²) >= 11 is 0. The summed E-state index contributed by atoms with van der Waals surface area (Å²) in [5, 5.41) is 7.06. The summed E-state index contributed by atoms with van der Waals surface area (Å²) < 4.78 is 13.8. The van der Waals surface area contributed by atoms with E-state index in [1.807, 2.05) is 45.2 Å². The highest BCUT2D eigenvalue weighted by Gasteiger charge is 2.42. The molecule has 1 aromatic heterocycles. The highest BCUT2D eigenvalue weighted by atomic mass is 19.1. The van der Waals surface area contributed by atoms with E-state index in [-0.39, 0.29) is 30.7 Å². The van der Waals surface area contributed by atoms with Crippen LogP contribution in [0.1, 0.15) is 36.1 Å². The number of nitrogens with two attached hydrogens (primary N) is 1. The van der Waals surface area contributed by atoms with Crippen LogP contribution in [0.4, 0.5) is 10.1 Å². The van der Waals surface area contributed by atoms with Crippen LogP contribution in [0.5, 0.6) is 0 Å². The molecule has 4 amide bonds. The first kappa shape index (κ1) is 33.2. The zero-order valence-electron chi connectivity index (χ0n) is 28.3. The van der Waals surface area contributed by atoms with Crippen molar-refractivity contribution < 1.29 is 23.6 Å². The molecule has 5 atom stereocenters. The molecule has 10 nitrogen and oxygen atoms in total. The van der Waals surface area contributed by atoms with Crippen molar-refractivity contribution in [1.82, 2.24) is 20.5 Å². The van der Waals surface area contributed by atoms with Crippen molar-refractivity contribution in [2.75, 3.05) is 18.5 Å². The summed E-state index contributed by atoms with van der Waals surface area (Å²) in [5.74, 6) is -3.27. The topological polar surface area (TPSA) is 141 Å². The molecule has 7 rings (SSSR count).